The topological polar surface area (TPSA) is 30.5 Å². The van der Waals surface area contributed by atoms with Gasteiger partial charge in [0.15, 0.2) is 12.1 Å². The molecule has 0 aromatic heterocycles. The molecule has 0 aliphatic rings. The van der Waals surface area contributed by atoms with Crippen LogP contribution in [0.5, 0.6) is 0 Å². The Morgan fingerprint density at radius 2 is 1.79 bits per heavy atom. The molecule has 0 heterocycles. The molecule has 19 heavy (non-hydrogen) atoms. The molecule has 0 aliphatic heterocycles. The maximum atomic E-state index is 13.7. The minimum absolute atomic E-state index is 0.0910. The van der Waals surface area contributed by atoms with Gasteiger partial charge in [-0.3, -0.25) is 0 Å². The quantitative estimate of drug-likeness (QED) is 0.736. The summed E-state index contributed by atoms with van der Waals surface area (Å²) in [7, 11) is 0. The van der Waals surface area contributed by atoms with Crippen LogP contribution in [-0.2, 0) is 9.47 Å². The average molecular weight is 273 g/mol. The van der Waals surface area contributed by atoms with E-state index in [-0.39, 0.29) is 12.0 Å². The maximum Gasteiger partial charge on any atom is 0.159 e. The van der Waals surface area contributed by atoms with Crippen molar-refractivity contribution in [1.82, 2.24) is 0 Å². The molecule has 1 aromatic rings. The summed E-state index contributed by atoms with van der Waals surface area (Å²) in [5.74, 6) is -1.14. The van der Waals surface area contributed by atoms with Crippen LogP contribution in [0.3, 0.4) is 0 Å². The van der Waals surface area contributed by atoms with Crippen molar-refractivity contribution in [3.05, 3.63) is 29.3 Å². The van der Waals surface area contributed by atoms with Gasteiger partial charge in [-0.05, 0) is 32.4 Å². The molecular weight excluding hydrogens is 252 g/mol. The van der Waals surface area contributed by atoms with Crippen LogP contribution in [0.1, 0.15) is 25.8 Å². The Labute approximate surface area is 112 Å². The lowest BCUT2D eigenvalue weighted by molar-refractivity contribution is -0.137. The molecule has 1 rings (SSSR count). The van der Waals surface area contributed by atoms with Crippen molar-refractivity contribution < 1.29 is 18.3 Å². The monoisotopic (exact) mass is 273 g/mol. The second-order valence-electron chi connectivity index (χ2n) is 4.11. The van der Waals surface area contributed by atoms with E-state index in [1.54, 1.807) is 6.92 Å². The van der Waals surface area contributed by atoms with Gasteiger partial charge < -0.3 is 14.8 Å². The van der Waals surface area contributed by atoms with Gasteiger partial charge in [-0.25, -0.2) is 8.78 Å². The maximum absolute atomic E-state index is 13.7. The highest BCUT2D eigenvalue weighted by atomic mass is 19.1. The van der Waals surface area contributed by atoms with Crippen molar-refractivity contribution in [2.24, 2.45) is 0 Å². The molecule has 5 heteroatoms. The van der Waals surface area contributed by atoms with Crippen molar-refractivity contribution >= 4 is 5.69 Å². The fraction of sp³-hybridized carbons (Fsp3) is 0.571. The molecule has 1 aromatic carbocycles. The van der Waals surface area contributed by atoms with E-state index in [0.717, 1.165) is 0 Å². The normalized spacial score (nSPS) is 11.1. The van der Waals surface area contributed by atoms with Crippen LogP contribution >= 0.6 is 0 Å². The molecule has 1 N–H and O–H groups in total. The van der Waals surface area contributed by atoms with Gasteiger partial charge in [0.25, 0.3) is 0 Å². The predicted octanol–water partition coefficient (Wildman–Crippen LogP) is 3.47. The first-order valence-corrected chi connectivity index (χ1v) is 6.51. The summed E-state index contributed by atoms with van der Waals surface area (Å²) < 4.78 is 37.9. The fourth-order valence-corrected chi connectivity index (χ4v) is 1.72. The molecule has 0 aliphatic carbocycles. The summed E-state index contributed by atoms with van der Waals surface area (Å²) in [6, 6.07) is 2.67. The Balaban J connectivity index is 2.54. The first-order valence-electron chi connectivity index (χ1n) is 6.51. The molecule has 0 saturated carbocycles. The molecular formula is C14H21F2NO2. The van der Waals surface area contributed by atoms with Gasteiger partial charge in [0.05, 0.1) is 0 Å². The summed E-state index contributed by atoms with van der Waals surface area (Å²) in [6.45, 7) is 6.81. The molecule has 0 saturated heterocycles. The van der Waals surface area contributed by atoms with Crippen molar-refractivity contribution in [2.75, 3.05) is 25.1 Å². The van der Waals surface area contributed by atoms with E-state index in [1.807, 2.05) is 13.8 Å². The van der Waals surface area contributed by atoms with Gasteiger partial charge in [-0.2, -0.15) is 0 Å². The number of aryl methyl sites for hydroxylation is 1. The predicted molar refractivity (Wildman–Crippen MR) is 71.2 cm³/mol. The zero-order valence-corrected chi connectivity index (χ0v) is 11.6. The zero-order valence-electron chi connectivity index (χ0n) is 11.6. The number of rotatable bonds is 8. The number of benzene rings is 1. The van der Waals surface area contributed by atoms with Crippen LogP contribution in [-0.4, -0.2) is 26.0 Å². The summed E-state index contributed by atoms with van der Waals surface area (Å²) >= 11 is 0. The second-order valence-corrected chi connectivity index (χ2v) is 4.11. The highest BCUT2D eigenvalue weighted by Gasteiger charge is 2.12. The smallest absolute Gasteiger partial charge is 0.159 e. The number of ether oxygens (including phenoxy) is 2. The van der Waals surface area contributed by atoms with Gasteiger partial charge in [0, 0.05) is 26.2 Å². The van der Waals surface area contributed by atoms with Crippen LogP contribution in [0.4, 0.5) is 14.5 Å². The first kappa shape index (κ1) is 15.9. The third kappa shape index (κ3) is 4.76. The van der Waals surface area contributed by atoms with E-state index in [1.165, 1.54) is 12.1 Å². The highest BCUT2D eigenvalue weighted by molar-refractivity contribution is 5.48. The van der Waals surface area contributed by atoms with Gasteiger partial charge >= 0.3 is 0 Å². The second kappa shape index (κ2) is 8.07. The number of nitrogens with one attached hydrogen (secondary N) is 1. The Bertz CT molecular complexity index is 393. The molecule has 108 valence electrons. The molecule has 3 nitrogen and oxygen atoms in total. The highest BCUT2D eigenvalue weighted by Crippen LogP contribution is 2.21. The number of anilines is 1. The van der Waals surface area contributed by atoms with E-state index < -0.39 is 11.6 Å². The van der Waals surface area contributed by atoms with Crippen molar-refractivity contribution in [1.29, 1.82) is 0 Å². The van der Waals surface area contributed by atoms with Crippen LogP contribution in [0.25, 0.3) is 0 Å². The average Bonchev–Trinajstić information content (AvgIpc) is 2.38. The fourth-order valence-electron chi connectivity index (χ4n) is 1.72. The Kier molecular flexibility index (Phi) is 6.73. The largest absolute Gasteiger partial charge is 0.380 e. The van der Waals surface area contributed by atoms with E-state index in [0.29, 0.717) is 31.7 Å². The van der Waals surface area contributed by atoms with Crippen molar-refractivity contribution in [3.63, 3.8) is 0 Å². The van der Waals surface area contributed by atoms with Crippen LogP contribution < -0.4 is 5.32 Å². The third-order valence-corrected chi connectivity index (χ3v) is 2.67. The minimum atomic E-state index is -0.590. The lowest BCUT2D eigenvalue weighted by Gasteiger charge is -2.17. The lowest BCUT2D eigenvalue weighted by Crippen LogP contribution is -2.21. The van der Waals surface area contributed by atoms with Gasteiger partial charge in [-0.15, -0.1) is 0 Å². The summed E-state index contributed by atoms with van der Waals surface area (Å²) in [5, 5.41) is 2.76. The molecule has 0 fully saturated rings. The van der Waals surface area contributed by atoms with Crippen LogP contribution in [0.15, 0.2) is 12.1 Å². The summed E-state index contributed by atoms with van der Waals surface area (Å²) in [5.41, 5.74) is 0.321. The molecule has 0 unspecified atom stereocenters. The van der Waals surface area contributed by atoms with Crippen LogP contribution in [0.2, 0.25) is 0 Å². The molecule has 0 amide bonds. The standard InChI is InChI=1S/C14H21F2NO2/c1-4-18-12(19-5-2)8-9-17-14-11(15)7-6-10(3)13(14)16/h6-7,12,17H,4-5,8-9H2,1-3H3. The molecule has 0 atom stereocenters. The third-order valence-electron chi connectivity index (χ3n) is 2.67. The van der Waals surface area contributed by atoms with E-state index >= 15 is 0 Å². The molecule has 0 spiro atoms. The molecule has 0 radical (unpaired) electrons. The van der Waals surface area contributed by atoms with E-state index in [2.05, 4.69) is 5.32 Å². The van der Waals surface area contributed by atoms with Gasteiger partial charge in [0.2, 0.25) is 0 Å². The Hall–Kier alpha value is -1.20. The minimum Gasteiger partial charge on any atom is -0.380 e. The number of hydrogen-bond acceptors (Lipinski definition) is 3. The zero-order chi connectivity index (χ0) is 14.3. The summed E-state index contributed by atoms with van der Waals surface area (Å²) in [4.78, 5) is 0. The van der Waals surface area contributed by atoms with Crippen LogP contribution in [0, 0.1) is 18.6 Å². The van der Waals surface area contributed by atoms with E-state index in [4.69, 9.17) is 9.47 Å². The summed E-state index contributed by atoms with van der Waals surface area (Å²) in [6.07, 6.45) is 0.174. The number of halogens is 2. The SMILES string of the molecule is CCOC(CCNc1c(F)ccc(C)c1F)OCC. The van der Waals surface area contributed by atoms with Gasteiger partial charge in [-0.1, -0.05) is 6.07 Å². The van der Waals surface area contributed by atoms with Crippen molar-refractivity contribution in [2.45, 2.75) is 33.5 Å². The Morgan fingerprint density at radius 1 is 1.16 bits per heavy atom. The lowest BCUT2D eigenvalue weighted by atomic mass is 10.2. The molecule has 0 bridgehead atoms. The Morgan fingerprint density at radius 3 is 2.37 bits per heavy atom. The van der Waals surface area contributed by atoms with E-state index in [9.17, 15) is 8.78 Å². The number of hydrogen-bond donors (Lipinski definition) is 1. The first-order chi connectivity index (χ1) is 9.10. The van der Waals surface area contributed by atoms with Crippen molar-refractivity contribution in [3.8, 4) is 0 Å². The van der Waals surface area contributed by atoms with Gasteiger partial charge in [0.1, 0.15) is 11.5 Å².